The Morgan fingerprint density at radius 1 is 1.24 bits per heavy atom. The molecular weight excluding hydrogens is 322 g/mol. The number of ether oxygens (including phenoxy) is 1. The fraction of sp³-hybridized carbons (Fsp3) is 0.389. The first kappa shape index (κ1) is 18.5. The molecule has 0 bridgehead atoms. The van der Waals surface area contributed by atoms with Crippen LogP contribution in [0.3, 0.4) is 0 Å². The predicted molar refractivity (Wildman–Crippen MR) is 93.2 cm³/mol. The lowest BCUT2D eigenvalue weighted by molar-refractivity contribution is -0.157. The van der Waals surface area contributed by atoms with Gasteiger partial charge < -0.3 is 14.6 Å². The molecule has 0 saturated carbocycles. The van der Waals surface area contributed by atoms with Gasteiger partial charge in [-0.1, -0.05) is 35.5 Å². The Balaban J connectivity index is 2.07. The lowest BCUT2D eigenvalue weighted by atomic mass is 10.1. The highest BCUT2D eigenvalue weighted by Gasteiger charge is 2.27. The summed E-state index contributed by atoms with van der Waals surface area (Å²) in [4.78, 5) is 24.6. The zero-order chi connectivity index (χ0) is 18.4. The van der Waals surface area contributed by atoms with E-state index < -0.39 is 23.6 Å². The monoisotopic (exact) mass is 345 g/mol. The summed E-state index contributed by atoms with van der Waals surface area (Å²) < 4.78 is 10.3. The first-order valence-corrected chi connectivity index (χ1v) is 8.00. The molecule has 0 spiro atoms. The van der Waals surface area contributed by atoms with E-state index in [-0.39, 0.29) is 5.88 Å². The smallest absolute Gasteiger partial charge is 0.329 e. The van der Waals surface area contributed by atoms with Crippen molar-refractivity contribution in [3.8, 4) is 0 Å². The minimum Gasteiger partial charge on any atom is -0.458 e. The number of nitrogens with one attached hydrogen (secondary N) is 2. The number of carbonyl (C=O) groups excluding carboxylic acids is 2. The molecule has 2 N–H and O–H groups in total. The number of hydrogen-bond acceptors (Lipinski definition) is 5. The Hall–Kier alpha value is -2.83. The number of esters is 1. The molecule has 0 aliphatic heterocycles. The van der Waals surface area contributed by atoms with Gasteiger partial charge in [-0.25, -0.2) is 9.59 Å². The molecule has 1 atom stereocenters. The van der Waals surface area contributed by atoms with Crippen molar-refractivity contribution in [3.05, 3.63) is 47.7 Å². The predicted octanol–water partition coefficient (Wildman–Crippen LogP) is 3.06. The molecule has 134 valence electrons. The summed E-state index contributed by atoms with van der Waals surface area (Å²) in [6.07, 6.45) is 0.318. The van der Waals surface area contributed by atoms with Gasteiger partial charge in [0.25, 0.3) is 0 Å². The van der Waals surface area contributed by atoms with Gasteiger partial charge in [-0.3, -0.25) is 5.32 Å². The quantitative estimate of drug-likeness (QED) is 0.812. The van der Waals surface area contributed by atoms with Crippen LogP contribution in [-0.4, -0.2) is 28.8 Å². The van der Waals surface area contributed by atoms with Crippen LogP contribution in [0, 0.1) is 6.92 Å². The van der Waals surface area contributed by atoms with Gasteiger partial charge in [-0.15, -0.1) is 0 Å². The molecule has 25 heavy (non-hydrogen) atoms. The molecule has 1 heterocycles. The Morgan fingerprint density at radius 3 is 2.48 bits per heavy atom. The first-order valence-electron chi connectivity index (χ1n) is 8.00. The molecule has 2 amide bonds. The Kier molecular flexibility index (Phi) is 5.80. The van der Waals surface area contributed by atoms with Gasteiger partial charge in [-0.2, -0.15) is 0 Å². The normalized spacial score (nSPS) is 12.3. The highest BCUT2D eigenvalue weighted by molar-refractivity contribution is 5.91. The number of urea groups is 1. The number of rotatable bonds is 5. The van der Waals surface area contributed by atoms with Crippen LogP contribution >= 0.6 is 0 Å². The summed E-state index contributed by atoms with van der Waals surface area (Å²) in [5, 5.41) is 8.83. The maximum Gasteiger partial charge on any atom is 0.329 e. The van der Waals surface area contributed by atoms with E-state index in [9.17, 15) is 9.59 Å². The van der Waals surface area contributed by atoms with Crippen molar-refractivity contribution in [2.75, 3.05) is 5.32 Å². The molecule has 1 unspecified atom stereocenters. The summed E-state index contributed by atoms with van der Waals surface area (Å²) in [6, 6.07) is 9.59. The second kappa shape index (κ2) is 7.83. The number of amides is 2. The summed E-state index contributed by atoms with van der Waals surface area (Å²) in [5.74, 6) is -0.294. The van der Waals surface area contributed by atoms with Crippen molar-refractivity contribution >= 4 is 17.9 Å². The minimum absolute atomic E-state index is 0.206. The molecule has 0 radical (unpaired) electrons. The molecule has 7 nitrogen and oxygen atoms in total. The maximum atomic E-state index is 12.5. The Morgan fingerprint density at radius 2 is 1.92 bits per heavy atom. The Labute approximate surface area is 146 Å². The number of carbonyl (C=O) groups is 2. The fourth-order valence-corrected chi connectivity index (χ4v) is 2.14. The van der Waals surface area contributed by atoms with Gasteiger partial charge in [0.2, 0.25) is 5.88 Å². The zero-order valence-corrected chi connectivity index (χ0v) is 14.8. The van der Waals surface area contributed by atoms with Crippen molar-refractivity contribution in [2.45, 2.75) is 45.8 Å². The van der Waals surface area contributed by atoms with Gasteiger partial charge in [0.05, 0.1) is 5.69 Å². The summed E-state index contributed by atoms with van der Waals surface area (Å²) >= 11 is 0. The van der Waals surface area contributed by atoms with E-state index >= 15 is 0 Å². The molecule has 0 aliphatic carbocycles. The van der Waals surface area contributed by atoms with Crippen molar-refractivity contribution < 1.29 is 18.8 Å². The SMILES string of the molecule is Cc1cc(NC(=O)NC(Cc2ccccc2)C(=O)OC(C)(C)C)on1. The lowest BCUT2D eigenvalue weighted by Gasteiger charge is -2.24. The van der Waals surface area contributed by atoms with Crippen molar-refractivity contribution in [2.24, 2.45) is 0 Å². The number of aromatic nitrogens is 1. The van der Waals surface area contributed by atoms with Gasteiger partial charge >= 0.3 is 12.0 Å². The van der Waals surface area contributed by atoms with Gasteiger partial charge in [-0.05, 0) is 33.3 Å². The van der Waals surface area contributed by atoms with Crippen LogP contribution in [0.2, 0.25) is 0 Å². The van der Waals surface area contributed by atoms with E-state index in [1.807, 2.05) is 30.3 Å². The van der Waals surface area contributed by atoms with Crippen LogP contribution in [-0.2, 0) is 16.0 Å². The summed E-state index contributed by atoms with van der Waals surface area (Å²) in [7, 11) is 0. The molecule has 1 aromatic carbocycles. The molecule has 7 heteroatoms. The van der Waals surface area contributed by atoms with Crippen LogP contribution < -0.4 is 10.6 Å². The molecule has 0 fully saturated rings. The van der Waals surface area contributed by atoms with Crippen LogP contribution in [0.4, 0.5) is 10.7 Å². The van der Waals surface area contributed by atoms with Crippen LogP contribution in [0.15, 0.2) is 40.9 Å². The summed E-state index contributed by atoms with van der Waals surface area (Å²) in [6.45, 7) is 7.08. The number of anilines is 1. The third-order valence-electron chi connectivity index (χ3n) is 3.14. The number of hydrogen-bond donors (Lipinski definition) is 2. The first-order chi connectivity index (χ1) is 11.7. The van der Waals surface area contributed by atoms with E-state index in [1.54, 1.807) is 33.8 Å². The minimum atomic E-state index is -0.828. The average Bonchev–Trinajstić information content (AvgIpc) is 2.91. The highest BCUT2D eigenvalue weighted by Crippen LogP contribution is 2.12. The van der Waals surface area contributed by atoms with Crippen molar-refractivity contribution in [3.63, 3.8) is 0 Å². The average molecular weight is 345 g/mol. The molecule has 2 aromatic rings. The lowest BCUT2D eigenvalue weighted by Crippen LogP contribution is -2.47. The molecule has 0 aliphatic rings. The molecule has 1 aromatic heterocycles. The number of benzene rings is 1. The van der Waals surface area contributed by atoms with Crippen LogP contribution in [0.5, 0.6) is 0 Å². The van der Waals surface area contributed by atoms with Crippen molar-refractivity contribution in [1.82, 2.24) is 10.5 Å². The maximum absolute atomic E-state index is 12.5. The van der Waals surface area contributed by atoms with E-state index in [0.717, 1.165) is 5.56 Å². The largest absolute Gasteiger partial charge is 0.458 e. The van der Waals surface area contributed by atoms with Crippen LogP contribution in [0.1, 0.15) is 32.0 Å². The third kappa shape index (κ3) is 6.29. The van der Waals surface area contributed by atoms with Gasteiger partial charge in [0.1, 0.15) is 11.6 Å². The van der Waals surface area contributed by atoms with E-state index in [4.69, 9.17) is 9.26 Å². The topological polar surface area (TPSA) is 93.5 Å². The fourth-order valence-electron chi connectivity index (χ4n) is 2.14. The molecule has 0 saturated heterocycles. The zero-order valence-electron chi connectivity index (χ0n) is 14.8. The summed E-state index contributed by atoms with van der Waals surface area (Å²) in [5.41, 5.74) is 0.907. The van der Waals surface area contributed by atoms with E-state index in [2.05, 4.69) is 15.8 Å². The highest BCUT2D eigenvalue weighted by atomic mass is 16.6. The van der Waals surface area contributed by atoms with Gasteiger partial charge in [0.15, 0.2) is 0 Å². The van der Waals surface area contributed by atoms with Crippen molar-refractivity contribution in [1.29, 1.82) is 0 Å². The second-order valence-electron chi connectivity index (χ2n) is 6.71. The van der Waals surface area contributed by atoms with E-state index in [0.29, 0.717) is 12.1 Å². The molecular formula is C18H23N3O4. The third-order valence-corrected chi connectivity index (χ3v) is 3.14. The van der Waals surface area contributed by atoms with E-state index in [1.165, 1.54) is 0 Å². The number of nitrogens with zero attached hydrogens (tertiary/aromatic N) is 1. The Bertz CT molecular complexity index is 719. The second-order valence-corrected chi connectivity index (χ2v) is 6.71. The molecule has 2 rings (SSSR count). The van der Waals surface area contributed by atoms with Crippen LogP contribution in [0.25, 0.3) is 0 Å². The standard InChI is InChI=1S/C18H23N3O4/c1-12-10-15(25-21-12)20-17(23)19-14(16(22)24-18(2,3)4)11-13-8-6-5-7-9-13/h5-10,14H,11H2,1-4H3,(H2,19,20,23). The van der Waals surface area contributed by atoms with Gasteiger partial charge in [0, 0.05) is 12.5 Å². The number of aryl methyl sites for hydroxylation is 1.